The van der Waals surface area contributed by atoms with Gasteiger partial charge in [0.15, 0.2) is 5.69 Å². The van der Waals surface area contributed by atoms with Crippen LogP contribution in [0.25, 0.3) is 4.85 Å². The van der Waals surface area contributed by atoms with Crippen molar-refractivity contribution in [2.24, 2.45) is 5.73 Å². The molecule has 0 aliphatic heterocycles. The second kappa shape index (κ2) is 4.44. The topological polar surface area (TPSA) is 30.4 Å². The molecule has 0 amide bonds. The maximum atomic E-state index is 6.78. The fourth-order valence-corrected chi connectivity index (χ4v) is 1.11. The molecular formula is C11H12N2. The highest BCUT2D eigenvalue weighted by Gasteiger charge is 2.02. The van der Waals surface area contributed by atoms with Gasteiger partial charge in [-0.1, -0.05) is 30.3 Å². The molecule has 1 atom stereocenters. The van der Waals surface area contributed by atoms with Gasteiger partial charge in [0.25, 0.3) is 0 Å². The lowest BCUT2D eigenvalue weighted by Gasteiger charge is -2.08. The van der Waals surface area contributed by atoms with Crippen LogP contribution in [0.2, 0.25) is 0 Å². The normalized spacial score (nSPS) is 11.7. The Bertz CT molecular complexity index is 319. The molecule has 2 nitrogen and oxygen atoms in total. The first-order valence-electron chi connectivity index (χ1n) is 4.12. The van der Waals surface area contributed by atoms with Crippen LogP contribution in [0.4, 0.5) is 5.69 Å². The van der Waals surface area contributed by atoms with Crippen LogP contribution in [0, 0.1) is 6.57 Å². The third-order valence-electron chi connectivity index (χ3n) is 1.87. The highest BCUT2D eigenvalue weighted by Crippen LogP contribution is 2.18. The number of rotatable bonds is 3. The second-order valence-corrected chi connectivity index (χ2v) is 2.83. The van der Waals surface area contributed by atoms with Gasteiger partial charge in [0.2, 0.25) is 0 Å². The van der Waals surface area contributed by atoms with E-state index in [1.54, 1.807) is 18.2 Å². The van der Waals surface area contributed by atoms with Crippen molar-refractivity contribution in [1.82, 2.24) is 0 Å². The summed E-state index contributed by atoms with van der Waals surface area (Å²) in [5.74, 6) is 0. The van der Waals surface area contributed by atoms with E-state index in [-0.39, 0.29) is 6.04 Å². The van der Waals surface area contributed by atoms with Crippen LogP contribution in [0.1, 0.15) is 18.0 Å². The zero-order chi connectivity index (χ0) is 9.68. The third-order valence-corrected chi connectivity index (χ3v) is 1.87. The van der Waals surface area contributed by atoms with Crippen LogP contribution in [0.15, 0.2) is 36.9 Å². The SMILES string of the molecule is [C-]#[N+]c1ccc(C(N)CC=C)cc1. The van der Waals surface area contributed by atoms with Crippen molar-refractivity contribution in [1.29, 1.82) is 0 Å². The Morgan fingerprint density at radius 1 is 1.46 bits per heavy atom. The molecule has 1 rings (SSSR count). The lowest BCUT2D eigenvalue weighted by Crippen LogP contribution is -2.08. The average Bonchev–Trinajstić information content (AvgIpc) is 2.18. The van der Waals surface area contributed by atoms with Crippen LogP contribution < -0.4 is 5.73 Å². The first kappa shape index (κ1) is 9.50. The summed E-state index contributed by atoms with van der Waals surface area (Å²) in [6.45, 7) is 10.4. The summed E-state index contributed by atoms with van der Waals surface area (Å²) < 4.78 is 0. The van der Waals surface area contributed by atoms with E-state index in [0.29, 0.717) is 5.69 Å². The van der Waals surface area contributed by atoms with Gasteiger partial charge in [0.1, 0.15) is 0 Å². The molecule has 1 unspecified atom stereocenters. The molecule has 0 saturated heterocycles. The fraction of sp³-hybridized carbons (Fsp3) is 0.182. The molecule has 0 fully saturated rings. The maximum Gasteiger partial charge on any atom is 0.187 e. The standard InChI is InChI=1S/C11H12N2/c1-3-4-11(12)9-5-7-10(13-2)8-6-9/h3,5-8,11H,1,4,12H2. The molecule has 1 aromatic rings. The van der Waals surface area contributed by atoms with E-state index >= 15 is 0 Å². The Morgan fingerprint density at radius 2 is 2.08 bits per heavy atom. The highest BCUT2D eigenvalue weighted by molar-refractivity contribution is 5.45. The van der Waals surface area contributed by atoms with Gasteiger partial charge in [-0.25, -0.2) is 4.85 Å². The lowest BCUT2D eigenvalue weighted by molar-refractivity contribution is 0.742. The summed E-state index contributed by atoms with van der Waals surface area (Å²) in [6.07, 6.45) is 2.56. The van der Waals surface area contributed by atoms with Gasteiger partial charge in [-0.05, 0) is 12.0 Å². The van der Waals surface area contributed by atoms with Crippen molar-refractivity contribution in [3.8, 4) is 0 Å². The van der Waals surface area contributed by atoms with Crippen molar-refractivity contribution in [3.05, 3.63) is 53.9 Å². The average molecular weight is 172 g/mol. The van der Waals surface area contributed by atoms with Crippen molar-refractivity contribution < 1.29 is 0 Å². The summed E-state index contributed by atoms with van der Waals surface area (Å²) in [4.78, 5) is 3.31. The lowest BCUT2D eigenvalue weighted by atomic mass is 10.0. The molecule has 0 saturated carbocycles. The molecule has 0 aromatic heterocycles. The third kappa shape index (κ3) is 2.43. The quantitative estimate of drug-likeness (QED) is 0.551. The molecule has 1 aromatic carbocycles. The molecule has 0 aliphatic rings. The molecule has 0 aliphatic carbocycles. The monoisotopic (exact) mass is 172 g/mol. The van der Waals surface area contributed by atoms with E-state index in [2.05, 4.69) is 11.4 Å². The van der Waals surface area contributed by atoms with Gasteiger partial charge in [-0.2, -0.15) is 0 Å². The van der Waals surface area contributed by atoms with Crippen molar-refractivity contribution in [3.63, 3.8) is 0 Å². The van der Waals surface area contributed by atoms with Crippen LogP contribution in [-0.4, -0.2) is 0 Å². The van der Waals surface area contributed by atoms with Crippen LogP contribution in [0.5, 0.6) is 0 Å². The predicted octanol–water partition coefficient (Wildman–Crippen LogP) is 2.81. The van der Waals surface area contributed by atoms with E-state index in [1.165, 1.54) is 0 Å². The number of hydrogen-bond donors (Lipinski definition) is 1. The Hall–Kier alpha value is -1.59. The van der Waals surface area contributed by atoms with E-state index < -0.39 is 0 Å². The zero-order valence-corrected chi connectivity index (χ0v) is 7.40. The summed E-state index contributed by atoms with van der Waals surface area (Å²) >= 11 is 0. The molecule has 0 heterocycles. The van der Waals surface area contributed by atoms with Gasteiger partial charge in [-0.15, -0.1) is 6.58 Å². The molecule has 2 heteroatoms. The predicted molar refractivity (Wildman–Crippen MR) is 54.4 cm³/mol. The minimum Gasteiger partial charge on any atom is -0.324 e. The minimum absolute atomic E-state index is 0.00252. The van der Waals surface area contributed by atoms with Gasteiger partial charge in [-0.3, -0.25) is 0 Å². The maximum absolute atomic E-state index is 6.78. The molecule has 13 heavy (non-hydrogen) atoms. The summed E-state index contributed by atoms with van der Waals surface area (Å²) in [5.41, 5.74) is 7.54. The summed E-state index contributed by atoms with van der Waals surface area (Å²) in [5, 5.41) is 0. The Balaban J connectivity index is 2.80. The van der Waals surface area contributed by atoms with E-state index in [9.17, 15) is 0 Å². The number of hydrogen-bond acceptors (Lipinski definition) is 1. The Morgan fingerprint density at radius 3 is 2.54 bits per heavy atom. The number of nitrogens with two attached hydrogens (primary N) is 1. The summed E-state index contributed by atoms with van der Waals surface area (Å²) in [6, 6.07) is 7.34. The minimum atomic E-state index is -0.00252. The first-order valence-corrected chi connectivity index (χ1v) is 4.12. The zero-order valence-electron chi connectivity index (χ0n) is 7.40. The molecule has 2 N–H and O–H groups in total. The van der Waals surface area contributed by atoms with E-state index in [1.807, 2.05) is 12.1 Å². The van der Waals surface area contributed by atoms with Crippen LogP contribution in [0.3, 0.4) is 0 Å². The highest BCUT2D eigenvalue weighted by atomic mass is 14.6. The summed E-state index contributed by atoms with van der Waals surface area (Å²) in [7, 11) is 0. The number of benzene rings is 1. The van der Waals surface area contributed by atoms with Crippen molar-refractivity contribution >= 4 is 5.69 Å². The van der Waals surface area contributed by atoms with E-state index in [0.717, 1.165) is 12.0 Å². The van der Waals surface area contributed by atoms with Gasteiger partial charge in [0.05, 0.1) is 6.57 Å². The van der Waals surface area contributed by atoms with Gasteiger partial charge < -0.3 is 5.73 Å². The van der Waals surface area contributed by atoms with E-state index in [4.69, 9.17) is 12.3 Å². The fourth-order valence-electron chi connectivity index (χ4n) is 1.11. The number of nitrogens with zero attached hydrogens (tertiary/aromatic N) is 1. The van der Waals surface area contributed by atoms with Gasteiger partial charge >= 0.3 is 0 Å². The van der Waals surface area contributed by atoms with Crippen molar-refractivity contribution in [2.45, 2.75) is 12.5 Å². The molecule has 0 bridgehead atoms. The second-order valence-electron chi connectivity index (χ2n) is 2.83. The van der Waals surface area contributed by atoms with Crippen LogP contribution >= 0.6 is 0 Å². The largest absolute Gasteiger partial charge is 0.324 e. The first-order chi connectivity index (χ1) is 6.27. The smallest absolute Gasteiger partial charge is 0.187 e. The van der Waals surface area contributed by atoms with Crippen LogP contribution in [-0.2, 0) is 0 Å². The molecular weight excluding hydrogens is 160 g/mol. The van der Waals surface area contributed by atoms with Gasteiger partial charge in [0, 0.05) is 6.04 Å². The molecule has 66 valence electrons. The Labute approximate surface area is 78.5 Å². The molecule has 0 radical (unpaired) electrons. The molecule has 0 spiro atoms. The Kier molecular flexibility index (Phi) is 3.24. The van der Waals surface area contributed by atoms with Crippen molar-refractivity contribution in [2.75, 3.05) is 0 Å².